The molecule has 2 atom stereocenters. The number of carbonyl (C=O) groups excluding carboxylic acids is 1. The van der Waals surface area contributed by atoms with Gasteiger partial charge < -0.3 is 11.1 Å². The van der Waals surface area contributed by atoms with Crippen LogP contribution in [0.15, 0.2) is 30.3 Å². The normalized spacial score (nSPS) is 15.3. The van der Waals surface area contributed by atoms with Crippen LogP contribution in [0.25, 0.3) is 0 Å². The minimum atomic E-state index is -0.968. The van der Waals surface area contributed by atoms with Crippen LogP contribution in [0, 0.1) is 0 Å². The summed E-state index contributed by atoms with van der Waals surface area (Å²) >= 11 is 0. The van der Waals surface area contributed by atoms with E-state index >= 15 is 0 Å². The molecule has 1 rings (SSSR count). The lowest BCUT2D eigenvalue weighted by Crippen LogP contribution is -2.51. The zero-order valence-electron chi connectivity index (χ0n) is 10.6. The molecular weight excluding hydrogens is 236 g/mol. The minimum Gasteiger partial charge on any atom is -0.352 e. The van der Waals surface area contributed by atoms with Crippen LogP contribution in [-0.2, 0) is 10.3 Å². The summed E-state index contributed by atoms with van der Waals surface area (Å²) in [6.45, 7) is 5.74. The molecule has 0 spiro atoms. The molecule has 3 N–H and O–H groups in total. The fourth-order valence-electron chi connectivity index (χ4n) is 1.39. The summed E-state index contributed by atoms with van der Waals surface area (Å²) in [5.74, 6) is -0.131. The number of benzene rings is 1. The molecule has 0 bridgehead atoms. The maximum absolute atomic E-state index is 12.0. The first-order valence-corrected chi connectivity index (χ1v) is 5.63. The van der Waals surface area contributed by atoms with Gasteiger partial charge in [0.15, 0.2) is 0 Å². The summed E-state index contributed by atoms with van der Waals surface area (Å²) < 4.78 is 0. The molecule has 3 nitrogen and oxygen atoms in total. The highest BCUT2D eigenvalue weighted by Crippen LogP contribution is 2.17. The van der Waals surface area contributed by atoms with Crippen molar-refractivity contribution in [1.29, 1.82) is 0 Å². The van der Waals surface area contributed by atoms with E-state index in [4.69, 9.17) is 5.73 Å². The Balaban J connectivity index is 0.00000256. The summed E-state index contributed by atoms with van der Waals surface area (Å²) in [4.78, 5) is 12.0. The molecule has 0 aliphatic carbocycles. The van der Waals surface area contributed by atoms with Gasteiger partial charge in [0.25, 0.3) is 0 Å². The first kappa shape index (κ1) is 15.9. The number of hydrogen-bond acceptors (Lipinski definition) is 2. The molecule has 0 radical (unpaired) electrons. The number of hydrogen-bond donors (Lipinski definition) is 2. The van der Waals surface area contributed by atoms with Crippen LogP contribution in [0.2, 0.25) is 0 Å². The van der Waals surface area contributed by atoms with Gasteiger partial charge in [-0.1, -0.05) is 37.3 Å². The third-order valence-corrected chi connectivity index (χ3v) is 2.84. The van der Waals surface area contributed by atoms with Gasteiger partial charge in [0.05, 0.1) is 0 Å². The fourth-order valence-corrected chi connectivity index (χ4v) is 1.39. The first-order valence-electron chi connectivity index (χ1n) is 5.63. The lowest BCUT2D eigenvalue weighted by molar-refractivity contribution is -0.126. The fraction of sp³-hybridized carbons (Fsp3) is 0.462. The van der Waals surface area contributed by atoms with Crippen molar-refractivity contribution in [2.24, 2.45) is 5.73 Å². The van der Waals surface area contributed by atoms with Crippen LogP contribution in [0.3, 0.4) is 0 Å². The molecule has 2 unspecified atom stereocenters. The average molecular weight is 257 g/mol. The van der Waals surface area contributed by atoms with E-state index < -0.39 is 5.54 Å². The van der Waals surface area contributed by atoms with Crippen LogP contribution in [0.5, 0.6) is 0 Å². The number of halogens is 1. The predicted molar refractivity (Wildman–Crippen MR) is 73.1 cm³/mol. The van der Waals surface area contributed by atoms with Crippen molar-refractivity contribution in [3.05, 3.63) is 35.9 Å². The highest BCUT2D eigenvalue weighted by molar-refractivity contribution is 5.87. The molecule has 0 saturated carbocycles. The van der Waals surface area contributed by atoms with Crippen molar-refractivity contribution in [3.63, 3.8) is 0 Å². The van der Waals surface area contributed by atoms with Crippen LogP contribution >= 0.6 is 12.4 Å². The number of amides is 1. The van der Waals surface area contributed by atoms with Gasteiger partial charge in [-0.05, 0) is 25.8 Å². The van der Waals surface area contributed by atoms with Crippen molar-refractivity contribution in [2.75, 3.05) is 0 Å². The van der Waals surface area contributed by atoms with Crippen molar-refractivity contribution < 1.29 is 4.79 Å². The van der Waals surface area contributed by atoms with E-state index in [9.17, 15) is 4.79 Å². The van der Waals surface area contributed by atoms with Crippen LogP contribution < -0.4 is 11.1 Å². The van der Waals surface area contributed by atoms with E-state index in [2.05, 4.69) is 5.32 Å². The monoisotopic (exact) mass is 256 g/mol. The average Bonchev–Trinajstić information content (AvgIpc) is 2.29. The molecule has 1 amide bonds. The molecule has 0 saturated heterocycles. The van der Waals surface area contributed by atoms with Crippen LogP contribution in [0.1, 0.15) is 32.8 Å². The molecule has 96 valence electrons. The van der Waals surface area contributed by atoms with Gasteiger partial charge >= 0.3 is 0 Å². The first-order chi connectivity index (χ1) is 7.48. The number of rotatable bonds is 4. The Kier molecular flexibility index (Phi) is 6.21. The van der Waals surface area contributed by atoms with Gasteiger partial charge in [-0.3, -0.25) is 4.79 Å². The van der Waals surface area contributed by atoms with Crippen molar-refractivity contribution in [2.45, 2.75) is 38.8 Å². The smallest absolute Gasteiger partial charge is 0.244 e. The van der Waals surface area contributed by atoms with Gasteiger partial charge in [0.1, 0.15) is 5.54 Å². The second-order valence-electron chi connectivity index (χ2n) is 4.35. The summed E-state index contributed by atoms with van der Waals surface area (Å²) in [6.07, 6.45) is 0.899. The third kappa shape index (κ3) is 4.02. The largest absolute Gasteiger partial charge is 0.352 e. The zero-order chi connectivity index (χ0) is 12.2. The quantitative estimate of drug-likeness (QED) is 0.868. The lowest BCUT2D eigenvalue weighted by Gasteiger charge is -2.26. The Morgan fingerprint density at radius 1 is 1.41 bits per heavy atom. The minimum absolute atomic E-state index is 0. The van der Waals surface area contributed by atoms with Crippen LogP contribution in [-0.4, -0.2) is 11.9 Å². The Morgan fingerprint density at radius 2 is 1.94 bits per heavy atom. The molecule has 0 fully saturated rings. The van der Waals surface area contributed by atoms with E-state index in [1.54, 1.807) is 6.92 Å². The number of nitrogens with one attached hydrogen (secondary N) is 1. The van der Waals surface area contributed by atoms with Crippen molar-refractivity contribution in [1.82, 2.24) is 5.32 Å². The van der Waals surface area contributed by atoms with Crippen LogP contribution in [0.4, 0.5) is 0 Å². The Morgan fingerprint density at radius 3 is 2.41 bits per heavy atom. The summed E-state index contributed by atoms with van der Waals surface area (Å²) in [6, 6.07) is 9.58. The molecule has 1 aromatic carbocycles. The Hall–Kier alpha value is -1.06. The van der Waals surface area contributed by atoms with Gasteiger partial charge in [-0.25, -0.2) is 0 Å². The molecule has 0 aliphatic rings. The van der Waals surface area contributed by atoms with E-state index in [0.29, 0.717) is 0 Å². The standard InChI is InChI=1S/C13H20N2O.ClH/c1-4-10(2)15-12(16)13(3,14)11-8-6-5-7-9-11;/h5-10H,4,14H2,1-3H3,(H,15,16);1H. The molecule has 0 aliphatic heterocycles. The van der Waals surface area contributed by atoms with E-state index in [1.165, 1.54) is 0 Å². The summed E-state index contributed by atoms with van der Waals surface area (Å²) in [5.41, 5.74) is 5.93. The summed E-state index contributed by atoms with van der Waals surface area (Å²) in [7, 11) is 0. The molecular formula is C13H21ClN2O. The van der Waals surface area contributed by atoms with Crippen molar-refractivity contribution in [3.8, 4) is 0 Å². The number of nitrogens with two attached hydrogens (primary N) is 1. The lowest BCUT2D eigenvalue weighted by atomic mass is 9.92. The topological polar surface area (TPSA) is 55.1 Å². The van der Waals surface area contributed by atoms with Gasteiger partial charge in [-0.2, -0.15) is 0 Å². The SMILES string of the molecule is CCC(C)NC(=O)C(C)(N)c1ccccc1.Cl. The van der Waals surface area contributed by atoms with Gasteiger partial charge in [-0.15, -0.1) is 12.4 Å². The highest BCUT2D eigenvalue weighted by atomic mass is 35.5. The molecule has 0 heterocycles. The maximum atomic E-state index is 12.0. The van der Waals surface area contributed by atoms with Crippen molar-refractivity contribution >= 4 is 18.3 Å². The molecule has 4 heteroatoms. The predicted octanol–water partition coefficient (Wildman–Crippen LogP) is 2.20. The molecule has 1 aromatic rings. The van der Waals surface area contributed by atoms with E-state index in [0.717, 1.165) is 12.0 Å². The Labute approximate surface area is 109 Å². The third-order valence-electron chi connectivity index (χ3n) is 2.84. The zero-order valence-corrected chi connectivity index (χ0v) is 11.4. The van der Waals surface area contributed by atoms with Gasteiger partial charge in [0, 0.05) is 6.04 Å². The van der Waals surface area contributed by atoms with E-state index in [-0.39, 0.29) is 24.4 Å². The number of carbonyl (C=O) groups is 1. The second kappa shape index (κ2) is 6.62. The maximum Gasteiger partial charge on any atom is 0.244 e. The molecule has 0 aromatic heterocycles. The van der Waals surface area contributed by atoms with Gasteiger partial charge in [0.2, 0.25) is 5.91 Å². The summed E-state index contributed by atoms with van der Waals surface area (Å²) in [5, 5.41) is 2.90. The highest BCUT2D eigenvalue weighted by Gasteiger charge is 2.30. The van der Waals surface area contributed by atoms with E-state index in [1.807, 2.05) is 44.2 Å². The second-order valence-corrected chi connectivity index (χ2v) is 4.35. The molecule has 17 heavy (non-hydrogen) atoms. The Bertz CT molecular complexity index is 352.